The number of amides is 1. The molecule has 6 heteroatoms. The minimum absolute atomic E-state index is 0.110. The van der Waals surface area contributed by atoms with Crippen LogP contribution in [0.1, 0.15) is 24.3 Å². The first-order valence-corrected chi connectivity index (χ1v) is 6.36. The van der Waals surface area contributed by atoms with Gasteiger partial charge >= 0.3 is 0 Å². The van der Waals surface area contributed by atoms with Gasteiger partial charge in [-0.25, -0.2) is 9.97 Å². The van der Waals surface area contributed by atoms with Crippen LogP contribution >= 0.6 is 0 Å². The molecule has 0 saturated heterocycles. The molecule has 1 rings (SSSR count). The molecule has 0 atom stereocenters. The number of ether oxygens (including phenoxy) is 1. The van der Waals surface area contributed by atoms with Crippen LogP contribution in [0.5, 0.6) is 0 Å². The number of carbonyl (C=O) groups is 1. The predicted octanol–water partition coefficient (Wildman–Crippen LogP) is 1.26. The van der Waals surface area contributed by atoms with Gasteiger partial charge in [0.1, 0.15) is 11.5 Å². The minimum Gasteiger partial charge on any atom is -0.383 e. The molecule has 19 heavy (non-hydrogen) atoms. The van der Waals surface area contributed by atoms with Crippen LogP contribution in [0.2, 0.25) is 0 Å². The first kappa shape index (κ1) is 15.4. The first-order chi connectivity index (χ1) is 9.08. The lowest BCUT2D eigenvalue weighted by Gasteiger charge is -2.23. The maximum Gasteiger partial charge on any atom is 0.274 e. The molecule has 0 radical (unpaired) electrons. The average molecular weight is 266 g/mol. The van der Waals surface area contributed by atoms with Crippen molar-refractivity contribution in [2.45, 2.75) is 13.8 Å². The quantitative estimate of drug-likeness (QED) is 0.805. The molecule has 6 nitrogen and oxygen atoms in total. The molecular formula is C13H22N4O2. The van der Waals surface area contributed by atoms with Gasteiger partial charge in [-0.2, -0.15) is 0 Å². The number of hydrogen-bond donors (Lipinski definition) is 1. The number of anilines is 1. The number of aromatic nitrogens is 2. The van der Waals surface area contributed by atoms with Crippen molar-refractivity contribution in [2.75, 3.05) is 39.2 Å². The fourth-order valence-corrected chi connectivity index (χ4v) is 1.65. The van der Waals surface area contributed by atoms with E-state index in [1.165, 1.54) is 6.20 Å². The molecule has 0 aromatic carbocycles. The van der Waals surface area contributed by atoms with E-state index in [1.807, 2.05) is 0 Å². The third-order valence-electron chi connectivity index (χ3n) is 2.57. The van der Waals surface area contributed by atoms with Crippen molar-refractivity contribution in [3.63, 3.8) is 0 Å². The van der Waals surface area contributed by atoms with Crippen molar-refractivity contribution in [1.29, 1.82) is 0 Å². The normalized spacial score (nSPS) is 10.6. The van der Waals surface area contributed by atoms with Crippen LogP contribution in [0.3, 0.4) is 0 Å². The molecule has 1 aromatic heterocycles. The molecule has 1 amide bonds. The molecule has 0 aliphatic carbocycles. The van der Waals surface area contributed by atoms with Gasteiger partial charge in [-0.05, 0) is 5.92 Å². The van der Waals surface area contributed by atoms with E-state index in [2.05, 4.69) is 29.1 Å². The number of methoxy groups -OCH3 is 1. The largest absolute Gasteiger partial charge is 0.383 e. The molecule has 0 saturated carbocycles. The third kappa shape index (κ3) is 4.82. The summed E-state index contributed by atoms with van der Waals surface area (Å²) in [6, 6.07) is 0. The monoisotopic (exact) mass is 266 g/mol. The Hall–Kier alpha value is -1.69. The van der Waals surface area contributed by atoms with Crippen LogP contribution < -0.4 is 5.32 Å². The zero-order valence-electron chi connectivity index (χ0n) is 12.0. The fourth-order valence-electron chi connectivity index (χ4n) is 1.65. The van der Waals surface area contributed by atoms with Gasteiger partial charge in [-0.15, -0.1) is 0 Å². The Kier molecular flexibility index (Phi) is 6.21. The molecule has 0 unspecified atom stereocenters. The summed E-state index contributed by atoms with van der Waals surface area (Å²) < 4.78 is 5.04. The Morgan fingerprint density at radius 1 is 1.42 bits per heavy atom. The minimum atomic E-state index is -0.110. The van der Waals surface area contributed by atoms with E-state index in [9.17, 15) is 4.79 Å². The first-order valence-electron chi connectivity index (χ1n) is 6.36. The number of nitrogens with one attached hydrogen (secondary N) is 1. The number of hydrogen-bond acceptors (Lipinski definition) is 5. The van der Waals surface area contributed by atoms with Gasteiger partial charge in [-0.3, -0.25) is 4.79 Å². The van der Waals surface area contributed by atoms with E-state index in [0.717, 1.165) is 0 Å². The lowest BCUT2D eigenvalue weighted by atomic mass is 10.2. The van der Waals surface area contributed by atoms with Gasteiger partial charge in [0, 0.05) is 27.2 Å². The second-order valence-electron chi connectivity index (χ2n) is 4.67. The maximum atomic E-state index is 12.3. The van der Waals surface area contributed by atoms with Gasteiger partial charge in [0.15, 0.2) is 0 Å². The highest BCUT2D eigenvalue weighted by atomic mass is 16.5. The SMILES string of the molecule is CNc1cnc(C(=O)N(CCOC)CC(C)C)cn1. The second kappa shape index (κ2) is 7.68. The van der Waals surface area contributed by atoms with E-state index in [0.29, 0.717) is 37.1 Å². The summed E-state index contributed by atoms with van der Waals surface area (Å²) in [5.41, 5.74) is 0.357. The van der Waals surface area contributed by atoms with Crippen LogP contribution in [-0.4, -0.2) is 54.6 Å². The maximum absolute atomic E-state index is 12.3. The summed E-state index contributed by atoms with van der Waals surface area (Å²) in [6.45, 7) is 5.90. The van der Waals surface area contributed by atoms with Crippen molar-refractivity contribution >= 4 is 11.7 Å². The Labute approximate surface area is 114 Å². The van der Waals surface area contributed by atoms with E-state index in [-0.39, 0.29) is 5.91 Å². The zero-order valence-corrected chi connectivity index (χ0v) is 12.0. The summed E-state index contributed by atoms with van der Waals surface area (Å²) in [5.74, 6) is 0.926. The number of rotatable bonds is 7. The van der Waals surface area contributed by atoms with Crippen LogP contribution in [-0.2, 0) is 4.74 Å². The van der Waals surface area contributed by atoms with E-state index in [1.54, 1.807) is 25.3 Å². The molecule has 1 aromatic rings. The predicted molar refractivity (Wildman–Crippen MR) is 74.2 cm³/mol. The van der Waals surface area contributed by atoms with Crippen molar-refractivity contribution in [2.24, 2.45) is 5.92 Å². The third-order valence-corrected chi connectivity index (χ3v) is 2.57. The Morgan fingerprint density at radius 2 is 2.16 bits per heavy atom. The van der Waals surface area contributed by atoms with Crippen molar-refractivity contribution < 1.29 is 9.53 Å². The van der Waals surface area contributed by atoms with Gasteiger partial charge in [0.25, 0.3) is 5.91 Å². The summed E-state index contributed by atoms with van der Waals surface area (Å²) in [5, 5.41) is 2.87. The fraction of sp³-hybridized carbons (Fsp3) is 0.615. The summed E-state index contributed by atoms with van der Waals surface area (Å²) in [7, 11) is 3.38. The van der Waals surface area contributed by atoms with Crippen LogP contribution in [0.25, 0.3) is 0 Å². The molecule has 0 fully saturated rings. The highest BCUT2D eigenvalue weighted by Crippen LogP contribution is 2.06. The second-order valence-corrected chi connectivity index (χ2v) is 4.67. The van der Waals surface area contributed by atoms with Crippen LogP contribution in [0.15, 0.2) is 12.4 Å². The molecule has 1 heterocycles. The summed E-state index contributed by atoms with van der Waals surface area (Å²) in [6.07, 6.45) is 3.05. The van der Waals surface area contributed by atoms with Gasteiger partial charge in [0.05, 0.1) is 19.0 Å². The average Bonchev–Trinajstić information content (AvgIpc) is 2.42. The Morgan fingerprint density at radius 3 is 2.63 bits per heavy atom. The smallest absolute Gasteiger partial charge is 0.274 e. The van der Waals surface area contributed by atoms with Crippen molar-refractivity contribution in [3.05, 3.63) is 18.1 Å². The highest BCUT2D eigenvalue weighted by molar-refractivity contribution is 5.92. The van der Waals surface area contributed by atoms with E-state index < -0.39 is 0 Å². The molecular weight excluding hydrogens is 244 g/mol. The number of carbonyl (C=O) groups excluding carboxylic acids is 1. The lowest BCUT2D eigenvalue weighted by Crippen LogP contribution is -2.37. The van der Waals surface area contributed by atoms with Gasteiger partial charge in [-0.1, -0.05) is 13.8 Å². The summed E-state index contributed by atoms with van der Waals surface area (Å²) >= 11 is 0. The van der Waals surface area contributed by atoms with Crippen LogP contribution in [0.4, 0.5) is 5.82 Å². The van der Waals surface area contributed by atoms with Crippen LogP contribution in [0, 0.1) is 5.92 Å². The zero-order chi connectivity index (χ0) is 14.3. The standard InChI is InChI=1S/C13H22N4O2/c1-10(2)9-17(5-6-19-4)13(18)11-7-16-12(14-3)8-15-11/h7-8,10H,5-6,9H2,1-4H3,(H,14,16). The summed E-state index contributed by atoms with van der Waals surface area (Å²) in [4.78, 5) is 22.3. The molecule has 0 aliphatic heterocycles. The van der Waals surface area contributed by atoms with Crippen molar-refractivity contribution in [1.82, 2.24) is 14.9 Å². The number of nitrogens with zero attached hydrogens (tertiary/aromatic N) is 3. The molecule has 106 valence electrons. The molecule has 0 aliphatic rings. The lowest BCUT2D eigenvalue weighted by molar-refractivity contribution is 0.0666. The van der Waals surface area contributed by atoms with Gasteiger partial charge in [0.2, 0.25) is 0 Å². The van der Waals surface area contributed by atoms with Gasteiger partial charge < -0.3 is 15.0 Å². The van der Waals surface area contributed by atoms with Crippen molar-refractivity contribution in [3.8, 4) is 0 Å². The molecule has 0 bridgehead atoms. The van der Waals surface area contributed by atoms with E-state index in [4.69, 9.17) is 4.74 Å². The highest BCUT2D eigenvalue weighted by Gasteiger charge is 2.18. The molecule has 0 spiro atoms. The Bertz CT molecular complexity index is 392. The van der Waals surface area contributed by atoms with E-state index >= 15 is 0 Å². The Balaban J connectivity index is 2.78. The molecule has 1 N–H and O–H groups in total. The topological polar surface area (TPSA) is 67.4 Å².